The monoisotopic (exact) mass is 184 g/mol. The molecule has 1 aromatic rings. The quantitative estimate of drug-likeness (QED) is 0.479. The van der Waals surface area contributed by atoms with E-state index < -0.39 is 0 Å². The molecule has 0 atom stereocenters. The zero-order valence-corrected chi connectivity index (χ0v) is 7.10. The van der Waals surface area contributed by atoms with Gasteiger partial charge in [-0.15, -0.1) is 0 Å². The minimum Gasteiger partial charge on any atom is -0.504 e. The highest BCUT2D eigenvalue weighted by molar-refractivity contribution is 5.48. The SMILES string of the molecule is OCCCOc1cccc(O)c1O. The minimum atomic E-state index is -0.263. The summed E-state index contributed by atoms with van der Waals surface area (Å²) in [6, 6.07) is 4.49. The van der Waals surface area contributed by atoms with Crippen LogP contribution in [0.3, 0.4) is 0 Å². The fourth-order valence-electron chi connectivity index (χ4n) is 0.874. The first-order chi connectivity index (χ1) is 6.25. The van der Waals surface area contributed by atoms with Crippen molar-refractivity contribution in [3.05, 3.63) is 18.2 Å². The van der Waals surface area contributed by atoms with Gasteiger partial charge in [0.05, 0.1) is 6.61 Å². The van der Waals surface area contributed by atoms with Crippen LogP contribution in [-0.2, 0) is 0 Å². The van der Waals surface area contributed by atoms with Crippen LogP contribution >= 0.6 is 0 Å². The van der Waals surface area contributed by atoms with Crippen molar-refractivity contribution in [2.24, 2.45) is 0 Å². The first kappa shape index (κ1) is 9.67. The zero-order chi connectivity index (χ0) is 9.68. The van der Waals surface area contributed by atoms with E-state index in [9.17, 15) is 5.11 Å². The molecule has 0 saturated carbocycles. The summed E-state index contributed by atoms with van der Waals surface area (Å²) in [6.07, 6.45) is 0.495. The number of aromatic hydroxyl groups is 2. The van der Waals surface area contributed by atoms with Gasteiger partial charge < -0.3 is 20.1 Å². The van der Waals surface area contributed by atoms with Gasteiger partial charge in [-0.3, -0.25) is 0 Å². The Morgan fingerprint density at radius 3 is 2.69 bits per heavy atom. The second kappa shape index (κ2) is 4.57. The van der Waals surface area contributed by atoms with Crippen molar-refractivity contribution >= 4 is 0 Å². The molecule has 0 aliphatic carbocycles. The van der Waals surface area contributed by atoms with Crippen LogP contribution in [0.2, 0.25) is 0 Å². The van der Waals surface area contributed by atoms with Gasteiger partial charge in [-0.05, 0) is 12.1 Å². The Morgan fingerprint density at radius 2 is 2.00 bits per heavy atom. The van der Waals surface area contributed by atoms with Crippen LogP contribution in [0.15, 0.2) is 18.2 Å². The van der Waals surface area contributed by atoms with E-state index in [1.165, 1.54) is 6.07 Å². The molecular formula is C9H12O4. The maximum atomic E-state index is 9.26. The van der Waals surface area contributed by atoms with E-state index in [0.29, 0.717) is 13.0 Å². The molecule has 0 saturated heterocycles. The number of aliphatic hydroxyl groups is 1. The predicted octanol–water partition coefficient (Wildman–Crippen LogP) is 0.859. The number of para-hydroxylation sites is 1. The molecule has 0 aliphatic rings. The van der Waals surface area contributed by atoms with Crippen molar-refractivity contribution in [1.82, 2.24) is 0 Å². The molecule has 1 aromatic carbocycles. The van der Waals surface area contributed by atoms with E-state index >= 15 is 0 Å². The van der Waals surface area contributed by atoms with Crippen molar-refractivity contribution in [1.29, 1.82) is 0 Å². The van der Waals surface area contributed by atoms with Crippen LogP contribution in [0, 0.1) is 0 Å². The van der Waals surface area contributed by atoms with E-state index in [2.05, 4.69) is 0 Å². The molecule has 72 valence electrons. The Morgan fingerprint density at radius 1 is 1.23 bits per heavy atom. The van der Waals surface area contributed by atoms with E-state index in [0.717, 1.165) is 0 Å². The molecule has 0 heterocycles. The van der Waals surface area contributed by atoms with Gasteiger partial charge in [-0.1, -0.05) is 6.07 Å². The summed E-state index contributed by atoms with van der Waals surface area (Å²) in [7, 11) is 0. The molecule has 0 unspecified atom stereocenters. The lowest BCUT2D eigenvalue weighted by atomic mass is 10.3. The number of phenolic OH excluding ortho intramolecular Hbond substituents is 2. The van der Waals surface area contributed by atoms with E-state index in [1.807, 2.05) is 0 Å². The average Bonchev–Trinajstić information content (AvgIpc) is 2.13. The lowest BCUT2D eigenvalue weighted by molar-refractivity contribution is 0.227. The van der Waals surface area contributed by atoms with Crippen molar-refractivity contribution < 1.29 is 20.1 Å². The highest BCUT2D eigenvalue weighted by atomic mass is 16.5. The third kappa shape index (κ3) is 2.52. The minimum absolute atomic E-state index is 0.0412. The first-order valence-electron chi connectivity index (χ1n) is 4.00. The van der Waals surface area contributed by atoms with Crippen molar-refractivity contribution in [2.75, 3.05) is 13.2 Å². The summed E-state index contributed by atoms with van der Waals surface area (Å²) in [4.78, 5) is 0. The summed E-state index contributed by atoms with van der Waals surface area (Å²) < 4.78 is 5.09. The Bertz CT molecular complexity index is 272. The zero-order valence-electron chi connectivity index (χ0n) is 7.10. The topological polar surface area (TPSA) is 69.9 Å². The van der Waals surface area contributed by atoms with E-state index in [1.54, 1.807) is 12.1 Å². The van der Waals surface area contributed by atoms with Gasteiger partial charge in [0.15, 0.2) is 11.5 Å². The standard InChI is InChI=1S/C9H12O4/c10-5-2-6-13-8-4-1-3-7(11)9(8)12/h1,3-4,10-12H,2,5-6H2. The summed E-state index contributed by atoms with van der Waals surface area (Å²) in [6.45, 7) is 0.354. The number of phenols is 2. The fraction of sp³-hybridized carbons (Fsp3) is 0.333. The highest BCUT2D eigenvalue weighted by Crippen LogP contribution is 2.34. The molecule has 0 fully saturated rings. The molecule has 0 spiro atoms. The molecule has 13 heavy (non-hydrogen) atoms. The van der Waals surface area contributed by atoms with Crippen LogP contribution in [0.25, 0.3) is 0 Å². The van der Waals surface area contributed by atoms with Gasteiger partial charge in [0.2, 0.25) is 5.75 Å². The maximum absolute atomic E-state index is 9.26. The number of hydrogen-bond donors (Lipinski definition) is 3. The van der Waals surface area contributed by atoms with Crippen LogP contribution in [0.5, 0.6) is 17.2 Å². The summed E-state index contributed by atoms with van der Waals surface area (Å²) in [5, 5.41) is 26.8. The molecular weight excluding hydrogens is 172 g/mol. The average molecular weight is 184 g/mol. The third-order valence-corrected chi connectivity index (χ3v) is 1.54. The van der Waals surface area contributed by atoms with Crippen molar-refractivity contribution in [3.8, 4) is 17.2 Å². The van der Waals surface area contributed by atoms with Gasteiger partial charge in [0, 0.05) is 13.0 Å². The lowest BCUT2D eigenvalue weighted by Gasteiger charge is -2.07. The number of hydrogen-bond acceptors (Lipinski definition) is 4. The van der Waals surface area contributed by atoms with Gasteiger partial charge >= 0.3 is 0 Å². The summed E-state index contributed by atoms with van der Waals surface area (Å²) >= 11 is 0. The molecule has 4 heteroatoms. The molecule has 0 amide bonds. The second-order valence-corrected chi connectivity index (χ2v) is 2.55. The lowest BCUT2D eigenvalue weighted by Crippen LogP contribution is -1.99. The van der Waals surface area contributed by atoms with Crippen molar-refractivity contribution in [3.63, 3.8) is 0 Å². The van der Waals surface area contributed by atoms with Crippen LogP contribution in [0.1, 0.15) is 6.42 Å². The van der Waals surface area contributed by atoms with Crippen molar-refractivity contribution in [2.45, 2.75) is 6.42 Å². The molecule has 0 bridgehead atoms. The Labute approximate surface area is 76.0 Å². The second-order valence-electron chi connectivity index (χ2n) is 2.55. The number of aliphatic hydroxyl groups excluding tert-OH is 1. The first-order valence-corrected chi connectivity index (χ1v) is 4.00. The molecule has 1 rings (SSSR count). The van der Waals surface area contributed by atoms with E-state index in [-0.39, 0.29) is 23.9 Å². The van der Waals surface area contributed by atoms with E-state index in [4.69, 9.17) is 14.9 Å². The summed E-state index contributed by atoms with van der Waals surface area (Å²) in [5.74, 6) is -0.240. The molecule has 3 N–H and O–H groups in total. The van der Waals surface area contributed by atoms with Crippen LogP contribution in [0.4, 0.5) is 0 Å². The van der Waals surface area contributed by atoms with Gasteiger partial charge in [-0.2, -0.15) is 0 Å². The third-order valence-electron chi connectivity index (χ3n) is 1.54. The molecule has 0 aromatic heterocycles. The molecule has 0 radical (unpaired) electrons. The maximum Gasteiger partial charge on any atom is 0.200 e. The smallest absolute Gasteiger partial charge is 0.200 e. The molecule has 4 nitrogen and oxygen atoms in total. The highest BCUT2D eigenvalue weighted by Gasteiger charge is 2.05. The Balaban J connectivity index is 2.61. The fourth-order valence-corrected chi connectivity index (χ4v) is 0.874. The molecule has 0 aliphatic heterocycles. The predicted molar refractivity (Wildman–Crippen MR) is 47.0 cm³/mol. The van der Waals surface area contributed by atoms with Gasteiger partial charge in [0.25, 0.3) is 0 Å². The van der Waals surface area contributed by atoms with Crippen LogP contribution < -0.4 is 4.74 Å². The normalized spacial score (nSPS) is 9.92. The van der Waals surface area contributed by atoms with Crippen LogP contribution in [-0.4, -0.2) is 28.5 Å². The number of ether oxygens (including phenoxy) is 1. The Hall–Kier alpha value is -1.42. The Kier molecular flexibility index (Phi) is 3.40. The summed E-state index contributed by atoms with van der Waals surface area (Å²) in [5.41, 5.74) is 0. The van der Waals surface area contributed by atoms with Gasteiger partial charge in [-0.25, -0.2) is 0 Å². The number of rotatable bonds is 4. The van der Waals surface area contributed by atoms with Gasteiger partial charge in [0.1, 0.15) is 0 Å². The number of benzene rings is 1. The largest absolute Gasteiger partial charge is 0.504 e.